The van der Waals surface area contributed by atoms with Crippen LogP contribution in [0.25, 0.3) is 0 Å². The van der Waals surface area contributed by atoms with Gasteiger partial charge in [0, 0.05) is 24.2 Å². The van der Waals surface area contributed by atoms with Crippen molar-refractivity contribution in [2.75, 3.05) is 13.7 Å². The minimum absolute atomic E-state index is 0.00163. The minimum atomic E-state index is -0.454. The summed E-state index contributed by atoms with van der Waals surface area (Å²) in [6.07, 6.45) is 0. The summed E-state index contributed by atoms with van der Waals surface area (Å²) in [7, 11) is 1.64. The first-order valence-corrected chi connectivity index (χ1v) is 8.06. The van der Waals surface area contributed by atoms with E-state index in [0.29, 0.717) is 16.3 Å². The molecule has 0 aliphatic heterocycles. The molecule has 1 amide bonds. The van der Waals surface area contributed by atoms with Gasteiger partial charge in [-0.3, -0.25) is 14.9 Å². The molecule has 2 aromatic carbocycles. The Balaban J connectivity index is 2.03. The molecular formula is C18H19ClN2O4. The minimum Gasteiger partial charge on any atom is -0.483 e. The first kappa shape index (κ1) is 18.7. The molecule has 25 heavy (non-hydrogen) atoms. The van der Waals surface area contributed by atoms with Gasteiger partial charge in [-0.25, -0.2) is 0 Å². The summed E-state index contributed by atoms with van der Waals surface area (Å²) in [4.78, 5) is 24.3. The van der Waals surface area contributed by atoms with Crippen molar-refractivity contribution in [1.29, 1.82) is 0 Å². The number of rotatable bonds is 6. The molecule has 1 atom stereocenters. The Bertz CT molecular complexity index is 794. The lowest BCUT2D eigenvalue weighted by Crippen LogP contribution is -2.33. The highest BCUT2D eigenvalue weighted by molar-refractivity contribution is 6.30. The van der Waals surface area contributed by atoms with Crippen LogP contribution in [-0.2, 0) is 4.79 Å². The van der Waals surface area contributed by atoms with Gasteiger partial charge in [-0.15, -0.1) is 0 Å². The molecule has 6 nitrogen and oxygen atoms in total. The number of carbonyl (C=O) groups is 1. The van der Waals surface area contributed by atoms with Crippen molar-refractivity contribution in [2.24, 2.45) is 0 Å². The monoisotopic (exact) mass is 362 g/mol. The fourth-order valence-corrected chi connectivity index (χ4v) is 2.58. The first-order valence-electron chi connectivity index (χ1n) is 7.68. The van der Waals surface area contributed by atoms with Gasteiger partial charge in [0.25, 0.3) is 11.6 Å². The number of non-ortho nitro benzene ring substituents is 1. The fourth-order valence-electron chi connectivity index (χ4n) is 2.35. The van der Waals surface area contributed by atoms with E-state index in [1.54, 1.807) is 37.4 Å². The molecule has 0 aliphatic rings. The van der Waals surface area contributed by atoms with Crippen molar-refractivity contribution < 1.29 is 14.5 Å². The lowest BCUT2D eigenvalue weighted by atomic mass is 10.1. The van der Waals surface area contributed by atoms with Crippen LogP contribution >= 0.6 is 11.6 Å². The van der Waals surface area contributed by atoms with Crippen molar-refractivity contribution in [1.82, 2.24) is 4.90 Å². The molecule has 0 spiro atoms. The number of ether oxygens (including phenoxy) is 1. The van der Waals surface area contributed by atoms with Crippen molar-refractivity contribution in [2.45, 2.75) is 19.9 Å². The van der Waals surface area contributed by atoms with E-state index in [0.717, 1.165) is 5.56 Å². The molecule has 0 aliphatic carbocycles. The van der Waals surface area contributed by atoms with Gasteiger partial charge in [-0.1, -0.05) is 23.7 Å². The van der Waals surface area contributed by atoms with Crippen LogP contribution in [-0.4, -0.2) is 29.4 Å². The topological polar surface area (TPSA) is 72.7 Å². The molecule has 0 saturated heterocycles. The summed E-state index contributed by atoms with van der Waals surface area (Å²) in [6.45, 7) is 3.53. The van der Waals surface area contributed by atoms with Crippen LogP contribution in [0.3, 0.4) is 0 Å². The fraction of sp³-hybridized carbons (Fsp3) is 0.278. The average molecular weight is 363 g/mol. The molecule has 0 fully saturated rings. The number of hydrogen-bond acceptors (Lipinski definition) is 4. The number of carbonyl (C=O) groups excluding carboxylic acids is 1. The van der Waals surface area contributed by atoms with E-state index < -0.39 is 4.92 Å². The molecule has 7 heteroatoms. The second kappa shape index (κ2) is 7.98. The molecule has 2 rings (SSSR count). The van der Waals surface area contributed by atoms with E-state index in [1.807, 2.05) is 13.8 Å². The number of aryl methyl sites for hydroxylation is 1. The van der Waals surface area contributed by atoms with Crippen LogP contribution in [0.1, 0.15) is 24.1 Å². The van der Waals surface area contributed by atoms with E-state index in [4.69, 9.17) is 16.3 Å². The highest BCUT2D eigenvalue weighted by atomic mass is 35.5. The summed E-state index contributed by atoms with van der Waals surface area (Å²) < 4.78 is 5.56. The van der Waals surface area contributed by atoms with Crippen LogP contribution < -0.4 is 4.74 Å². The van der Waals surface area contributed by atoms with Crippen molar-refractivity contribution in [3.8, 4) is 5.75 Å². The van der Waals surface area contributed by atoms with Gasteiger partial charge in [-0.05, 0) is 43.2 Å². The van der Waals surface area contributed by atoms with E-state index in [1.165, 1.54) is 17.0 Å². The number of benzene rings is 2. The van der Waals surface area contributed by atoms with Gasteiger partial charge < -0.3 is 9.64 Å². The number of nitrogens with zero attached hydrogens (tertiary/aromatic N) is 2. The zero-order chi connectivity index (χ0) is 18.6. The normalized spacial score (nSPS) is 11.7. The number of nitro benzene ring substituents is 1. The number of likely N-dealkylation sites (N-methyl/N-ethyl adjacent to an activating group) is 1. The van der Waals surface area contributed by atoms with Crippen LogP contribution in [0.2, 0.25) is 5.02 Å². The molecule has 0 N–H and O–H groups in total. The van der Waals surface area contributed by atoms with E-state index in [-0.39, 0.29) is 24.2 Å². The third-order valence-electron chi connectivity index (χ3n) is 4.03. The first-order chi connectivity index (χ1) is 11.8. The predicted octanol–water partition coefficient (Wildman–Crippen LogP) is 4.16. The molecule has 2 aromatic rings. The SMILES string of the molecule is Cc1cc(Cl)ccc1OCC(=O)N(C)[C@@H](C)c1cccc([N+](=O)[O-])c1. The summed E-state index contributed by atoms with van der Waals surface area (Å²) in [5.74, 6) is 0.363. The highest BCUT2D eigenvalue weighted by Gasteiger charge is 2.20. The van der Waals surface area contributed by atoms with Gasteiger partial charge in [0.2, 0.25) is 0 Å². The number of halogens is 1. The second-order valence-electron chi connectivity index (χ2n) is 5.73. The van der Waals surface area contributed by atoms with Gasteiger partial charge in [0.1, 0.15) is 5.75 Å². The lowest BCUT2D eigenvalue weighted by molar-refractivity contribution is -0.384. The van der Waals surface area contributed by atoms with Crippen molar-refractivity contribution in [3.63, 3.8) is 0 Å². The largest absolute Gasteiger partial charge is 0.483 e. The molecule has 0 saturated carbocycles. The summed E-state index contributed by atoms with van der Waals surface area (Å²) >= 11 is 5.90. The highest BCUT2D eigenvalue weighted by Crippen LogP contribution is 2.24. The van der Waals surface area contributed by atoms with Gasteiger partial charge in [0.05, 0.1) is 11.0 Å². The van der Waals surface area contributed by atoms with Gasteiger partial charge in [0.15, 0.2) is 6.61 Å². The number of amides is 1. The van der Waals surface area contributed by atoms with Crippen LogP contribution in [0.5, 0.6) is 5.75 Å². The van der Waals surface area contributed by atoms with Crippen LogP contribution in [0.15, 0.2) is 42.5 Å². The molecular weight excluding hydrogens is 344 g/mol. The second-order valence-corrected chi connectivity index (χ2v) is 6.17. The van der Waals surface area contributed by atoms with Gasteiger partial charge >= 0.3 is 0 Å². The summed E-state index contributed by atoms with van der Waals surface area (Å²) in [6, 6.07) is 11.1. The number of nitro groups is 1. The standard InChI is InChI=1S/C18H19ClN2O4/c1-12-9-15(19)7-8-17(12)25-11-18(22)20(3)13(2)14-5-4-6-16(10-14)21(23)24/h4-10,13H,11H2,1-3H3/t13-/m0/s1. The molecule has 0 bridgehead atoms. The van der Waals surface area contributed by atoms with Crippen LogP contribution in [0.4, 0.5) is 5.69 Å². The zero-order valence-electron chi connectivity index (χ0n) is 14.2. The molecule has 0 radical (unpaired) electrons. The summed E-state index contributed by atoms with van der Waals surface area (Å²) in [5.41, 5.74) is 1.53. The smallest absolute Gasteiger partial charge is 0.269 e. The average Bonchev–Trinajstić information content (AvgIpc) is 2.59. The van der Waals surface area contributed by atoms with Crippen molar-refractivity contribution >= 4 is 23.2 Å². The Morgan fingerprint density at radius 1 is 1.32 bits per heavy atom. The van der Waals surface area contributed by atoms with E-state index in [2.05, 4.69) is 0 Å². The third-order valence-corrected chi connectivity index (χ3v) is 4.26. The Morgan fingerprint density at radius 2 is 2.04 bits per heavy atom. The lowest BCUT2D eigenvalue weighted by Gasteiger charge is -2.25. The summed E-state index contributed by atoms with van der Waals surface area (Å²) in [5, 5.41) is 11.5. The Kier molecular flexibility index (Phi) is 5.98. The zero-order valence-corrected chi connectivity index (χ0v) is 15.0. The predicted molar refractivity (Wildman–Crippen MR) is 96.0 cm³/mol. The molecule has 132 valence electrons. The maximum atomic E-state index is 12.4. The Hall–Kier alpha value is -2.60. The third kappa shape index (κ3) is 4.70. The van der Waals surface area contributed by atoms with Crippen molar-refractivity contribution in [3.05, 3.63) is 68.7 Å². The molecule has 0 heterocycles. The quantitative estimate of drug-likeness (QED) is 0.571. The van der Waals surface area contributed by atoms with E-state index >= 15 is 0 Å². The maximum absolute atomic E-state index is 12.4. The Morgan fingerprint density at radius 3 is 2.68 bits per heavy atom. The van der Waals surface area contributed by atoms with Gasteiger partial charge in [-0.2, -0.15) is 0 Å². The van der Waals surface area contributed by atoms with E-state index in [9.17, 15) is 14.9 Å². The maximum Gasteiger partial charge on any atom is 0.269 e. The Labute approximate surface area is 151 Å². The number of hydrogen-bond donors (Lipinski definition) is 0. The van der Waals surface area contributed by atoms with Crippen LogP contribution in [0, 0.1) is 17.0 Å². The molecule has 0 unspecified atom stereocenters. The molecule has 0 aromatic heterocycles.